The van der Waals surface area contributed by atoms with E-state index < -0.39 is 0 Å². The zero-order valence-electron chi connectivity index (χ0n) is 15.9. The number of ketones is 2. The lowest BCUT2D eigenvalue weighted by atomic mass is 9.89. The monoisotopic (exact) mass is 390 g/mol. The zero-order chi connectivity index (χ0) is 19.4. The molecule has 8 heteroatoms. The molecule has 1 amide bonds. The first-order valence-corrected chi connectivity index (χ1v) is 10.3. The van der Waals surface area contributed by atoms with Crippen molar-refractivity contribution in [2.45, 2.75) is 38.5 Å². The van der Waals surface area contributed by atoms with Crippen LogP contribution in [0, 0.1) is 5.92 Å². The van der Waals surface area contributed by atoms with Gasteiger partial charge < -0.3 is 10.2 Å². The van der Waals surface area contributed by atoms with Gasteiger partial charge in [0.05, 0.1) is 18.7 Å². The molecule has 1 aromatic heterocycles. The van der Waals surface area contributed by atoms with Crippen molar-refractivity contribution in [2.75, 3.05) is 33.7 Å². The van der Waals surface area contributed by atoms with Crippen LogP contribution < -0.4 is 5.32 Å². The smallest absolute Gasteiger partial charge is 0.280 e. The molecule has 2 aliphatic carbocycles. The first-order valence-electron chi connectivity index (χ1n) is 9.50. The molecule has 0 spiro atoms. The average molecular weight is 391 g/mol. The molecule has 3 rings (SSSR count). The molecule has 7 nitrogen and oxygen atoms in total. The van der Waals surface area contributed by atoms with Crippen LogP contribution >= 0.6 is 11.3 Å². The van der Waals surface area contributed by atoms with Gasteiger partial charge in [0.1, 0.15) is 10.6 Å². The molecule has 1 saturated carbocycles. The second-order valence-corrected chi connectivity index (χ2v) is 8.47. The van der Waals surface area contributed by atoms with Gasteiger partial charge in [-0.3, -0.25) is 19.4 Å². The van der Waals surface area contributed by atoms with Gasteiger partial charge in [0.2, 0.25) is 5.78 Å². The highest BCUT2D eigenvalue weighted by Crippen LogP contribution is 2.27. The Morgan fingerprint density at radius 2 is 2.00 bits per heavy atom. The van der Waals surface area contributed by atoms with Crippen LogP contribution in [0.15, 0.2) is 4.99 Å². The van der Waals surface area contributed by atoms with Crippen LogP contribution in [0.1, 0.15) is 68.5 Å². The number of fused-ring (bicyclic) bond motifs is 1. The molecule has 0 aromatic carbocycles. The van der Waals surface area contributed by atoms with Gasteiger partial charge in [0.15, 0.2) is 10.8 Å². The second-order valence-electron chi connectivity index (χ2n) is 7.47. The topological polar surface area (TPSA) is 91.7 Å². The van der Waals surface area contributed by atoms with Crippen molar-refractivity contribution in [3.05, 3.63) is 15.6 Å². The molecule has 0 bridgehead atoms. The Balaban J connectivity index is 1.67. The number of likely N-dealkylation sites (N-methyl/N-ethyl adjacent to an activating group) is 1. The van der Waals surface area contributed by atoms with Crippen molar-refractivity contribution in [1.29, 1.82) is 0 Å². The van der Waals surface area contributed by atoms with E-state index >= 15 is 0 Å². The van der Waals surface area contributed by atoms with E-state index in [-0.39, 0.29) is 45.2 Å². The molecule has 0 radical (unpaired) electrons. The standard InChI is InChI=1S/C19H26N4O3S/c1-23(2)9-8-20-13-10-14(24)17-15(16(13)25)22-19(27-17)18(26)21-11-12-6-4-3-5-7-12/h12H,3-11H2,1-2H3,(H,21,26). The van der Waals surface area contributed by atoms with E-state index in [0.29, 0.717) is 25.6 Å². The molecule has 0 atom stereocenters. The molecule has 1 fully saturated rings. The fourth-order valence-electron chi connectivity index (χ4n) is 3.43. The van der Waals surface area contributed by atoms with Crippen LogP contribution in [0.2, 0.25) is 0 Å². The van der Waals surface area contributed by atoms with Crippen LogP contribution in [0.4, 0.5) is 0 Å². The van der Waals surface area contributed by atoms with Crippen LogP contribution in [0.5, 0.6) is 0 Å². The number of aliphatic imine (C=N–C) groups is 1. The highest BCUT2D eigenvalue weighted by atomic mass is 32.1. The molecule has 1 aromatic rings. The van der Waals surface area contributed by atoms with E-state index in [2.05, 4.69) is 15.3 Å². The number of thiazole rings is 1. The molecule has 1 N–H and O–H groups in total. The van der Waals surface area contributed by atoms with Crippen molar-refractivity contribution < 1.29 is 14.4 Å². The summed E-state index contributed by atoms with van der Waals surface area (Å²) in [4.78, 5) is 48.1. The Morgan fingerprint density at radius 1 is 1.26 bits per heavy atom. The van der Waals surface area contributed by atoms with Crippen molar-refractivity contribution >= 4 is 34.5 Å². The summed E-state index contributed by atoms with van der Waals surface area (Å²) in [6, 6.07) is 0. The van der Waals surface area contributed by atoms with Gasteiger partial charge >= 0.3 is 0 Å². The quantitative estimate of drug-likeness (QED) is 0.804. The first-order chi connectivity index (χ1) is 13.0. The van der Waals surface area contributed by atoms with Crippen LogP contribution in [0.3, 0.4) is 0 Å². The molecular weight excluding hydrogens is 364 g/mol. The van der Waals surface area contributed by atoms with Crippen LogP contribution in [0.25, 0.3) is 0 Å². The van der Waals surface area contributed by atoms with Gasteiger partial charge in [-0.1, -0.05) is 19.3 Å². The number of Topliss-reactive ketones (excluding diaryl/α,β-unsaturated/α-hetero) is 2. The minimum Gasteiger partial charge on any atom is -0.350 e. The predicted octanol–water partition coefficient (Wildman–Crippen LogP) is 2.22. The summed E-state index contributed by atoms with van der Waals surface area (Å²) < 4.78 is 0. The normalized spacial score (nSPS) is 19.6. The van der Waals surface area contributed by atoms with E-state index in [1.165, 1.54) is 19.3 Å². The molecular formula is C19H26N4O3S. The highest BCUT2D eigenvalue weighted by Gasteiger charge is 2.34. The molecule has 0 aliphatic heterocycles. The van der Waals surface area contributed by atoms with E-state index in [1.54, 1.807) is 0 Å². The van der Waals surface area contributed by atoms with Crippen molar-refractivity contribution in [1.82, 2.24) is 15.2 Å². The SMILES string of the molecule is CN(C)CCN=C1CC(=O)c2sc(C(=O)NCC3CCCCC3)nc2C1=O. The number of aromatic nitrogens is 1. The number of carbonyl (C=O) groups is 3. The molecule has 27 heavy (non-hydrogen) atoms. The third-order valence-corrected chi connectivity index (χ3v) is 6.10. The van der Waals surface area contributed by atoms with Crippen molar-refractivity contribution in [2.24, 2.45) is 10.9 Å². The van der Waals surface area contributed by atoms with E-state index in [0.717, 1.165) is 24.2 Å². The number of hydrogen-bond acceptors (Lipinski definition) is 7. The zero-order valence-corrected chi connectivity index (χ0v) is 16.7. The van der Waals surface area contributed by atoms with Gasteiger partial charge in [-0.15, -0.1) is 11.3 Å². The molecule has 146 valence electrons. The average Bonchev–Trinajstić information content (AvgIpc) is 3.11. The predicted molar refractivity (Wildman–Crippen MR) is 105 cm³/mol. The minimum absolute atomic E-state index is 0.00934. The lowest BCUT2D eigenvalue weighted by molar-refractivity contribution is 0.0941. The summed E-state index contributed by atoms with van der Waals surface area (Å²) in [7, 11) is 3.84. The highest BCUT2D eigenvalue weighted by molar-refractivity contribution is 7.16. The van der Waals surface area contributed by atoms with E-state index in [4.69, 9.17) is 0 Å². The summed E-state index contributed by atoms with van der Waals surface area (Å²) in [6.45, 7) is 1.78. The fraction of sp³-hybridized carbons (Fsp3) is 0.632. The van der Waals surface area contributed by atoms with Crippen LogP contribution in [-0.2, 0) is 0 Å². The summed E-state index contributed by atoms with van der Waals surface area (Å²) in [5.41, 5.74) is 0.330. The second kappa shape index (κ2) is 8.84. The van der Waals surface area contributed by atoms with E-state index in [1.807, 2.05) is 19.0 Å². The number of nitrogens with zero attached hydrogens (tertiary/aromatic N) is 3. The maximum atomic E-state index is 12.6. The van der Waals surface area contributed by atoms with Gasteiger partial charge in [-0.2, -0.15) is 0 Å². The summed E-state index contributed by atoms with van der Waals surface area (Å²) >= 11 is 1.02. The van der Waals surface area contributed by atoms with Gasteiger partial charge in [-0.25, -0.2) is 4.98 Å². The lowest BCUT2D eigenvalue weighted by Crippen LogP contribution is -2.30. The maximum Gasteiger partial charge on any atom is 0.280 e. The summed E-state index contributed by atoms with van der Waals surface area (Å²) in [5.74, 6) is -0.300. The van der Waals surface area contributed by atoms with Gasteiger partial charge in [-0.05, 0) is 32.9 Å². The Labute approximate surface area is 163 Å². The van der Waals surface area contributed by atoms with Gasteiger partial charge in [0, 0.05) is 13.1 Å². The molecule has 0 saturated heterocycles. The largest absolute Gasteiger partial charge is 0.350 e. The van der Waals surface area contributed by atoms with Crippen molar-refractivity contribution in [3.63, 3.8) is 0 Å². The number of amides is 1. The van der Waals surface area contributed by atoms with Gasteiger partial charge in [0.25, 0.3) is 5.91 Å². The Kier molecular flexibility index (Phi) is 6.49. The third kappa shape index (κ3) is 4.87. The number of rotatable bonds is 6. The Hall–Kier alpha value is -1.93. The first kappa shape index (κ1) is 19.8. The van der Waals surface area contributed by atoms with Crippen LogP contribution in [-0.4, -0.2) is 66.8 Å². The summed E-state index contributed by atoms with van der Waals surface area (Å²) in [5, 5.41) is 3.10. The Morgan fingerprint density at radius 3 is 2.70 bits per heavy atom. The van der Waals surface area contributed by atoms with Crippen molar-refractivity contribution in [3.8, 4) is 0 Å². The van der Waals surface area contributed by atoms with E-state index in [9.17, 15) is 14.4 Å². The fourth-order valence-corrected chi connectivity index (χ4v) is 4.34. The number of carbonyl (C=O) groups excluding carboxylic acids is 3. The minimum atomic E-state index is -0.328. The number of nitrogens with one attached hydrogen (secondary N) is 1. The number of hydrogen-bond donors (Lipinski definition) is 1. The molecule has 0 unspecified atom stereocenters. The lowest BCUT2D eigenvalue weighted by Gasteiger charge is -2.21. The molecule has 2 aliphatic rings. The third-order valence-electron chi connectivity index (χ3n) is 5.01. The molecule has 1 heterocycles. The maximum absolute atomic E-state index is 12.6. The summed E-state index contributed by atoms with van der Waals surface area (Å²) in [6.07, 6.45) is 5.96. The Bertz CT molecular complexity index is 763.